The molecule has 28 heavy (non-hydrogen) atoms. The largest absolute Gasteiger partial charge is 0.492 e. The van der Waals surface area contributed by atoms with Crippen LogP contribution in [0.2, 0.25) is 0 Å². The molecule has 0 bridgehead atoms. The van der Waals surface area contributed by atoms with Crippen LogP contribution in [0.1, 0.15) is 43.1 Å². The van der Waals surface area contributed by atoms with Gasteiger partial charge in [0, 0.05) is 31.5 Å². The Morgan fingerprint density at radius 2 is 2.00 bits per heavy atom. The van der Waals surface area contributed by atoms with Crippen molar-refractivity contribution in [3.63, 3.8) is 0 Å². The molecule has 2 fully saturated rings. The summed E-state index contributed by atoms with van der Waals surface area (Å²) < 4.78 is 8.51. The van der Waals surface area contributed by atoms with E-state index in [1.807, 2.05) is 6.20 Å². The first-order valence-electron chi connectivity index (χ1n) is 10.8. The van der Waals surface area contributed by atoms with E-state index < -0.39 is 0 Å². The molecule has 2 aromatic rings. The predicted molar refractivity (Wildman–Crippen MR) is 113 cm³/mol. The van der Waals surface area contributed by atoms with Gasteiger partial charge in [0.25, 0.3) is 0 Å². The molecule has 152 valence electrons. The average Bonchev–Trinajstić information content (AvgIpc) is 3.18. The van der Waals surface area contributed by atoms with Gasteiger partial charge in [0.2, 0.25) is 0 Å². The van der Waals surface area contributed by atoms with Crippen LogP contribution in [0.25, 0.3) is 0 Å². The van der Waals surface area contributed by atoms with Crippen molar-refractivity contribution >= 4 is 0 Å². The molecule has 2 aliphatic rings. The first-order valence-corrected chi connectivity index (χ1v) is 10.8. The third-order valence-electron chi connectivity index (χ3n) is 6.71. The second-order valence-corrected chi connectivity index (χ2v) is 8.50. The quantitative estimate of drug-likeness (QED) is 0.758. The molecule has 1 unspecified atom stereocenters. The molecule has 1 atom stereocenters. The van der Waals surface area contributed by atoms with Crippen molar-refractivity contribution in [2.75, 3.05) is 26.2 Å². The van der Waals surface area contributed by atoms with Gasteiger partial charge in [-0.1, -0.05) is 18.2 Å². The summed E-state index contributed by atoms with van der Waals surface area (Å²) in [6.45, 7) is 12.3. The number of nitrogens with one attached hydrogen (secondary N) is 1. The highest BCUT2D eigenvalue weighted by molar-refractivity contribution is 5.39. The highest BCUT2D eigenvalue weighted by atomic mass is 16.5. The van der Waals surface area contributed by atoms with Gasteiger partial charge in [0.15, 0.2) is 0 Å². The molecule has 1 saturated carbocycles. The van der Waals surface area contributed by atoms with E-state index in [4.69, 9.17) is 4.74 Å². The first kappa shape index (κ1) is 19.5. The standard InChI is InChI=1S/C23H34N4O/c1-4-26-13-12-25-21(26)17-27(20-16-23(20)8-10-24-11-9-23)14-15-28-22-18(2)6-5-7-19(22)3/h5-7,12-13,20,24H,4,8-11,14-17H2,1-3H3. The van der Waals surface area contributed by atoms with Gasteiger partial charge in [-0.15, -0.1) is 0 Å². The predicted octanol–water partition coefficient (Wildman–Crippen LogP) is 3.54. The molecule has 1 spiro atoms. The highest BCUT2D eigenvalue weighted by Crippen LogP contribution is 2.55. The molecular formula is C23H34N4O. The van der Waals surface area contributed by atoms with Gasteiger partial charge in [-0.25, -0.2) is 4.98 Å². The number of imidazole rings is 1. The van der Waals surface area contributed by atoms with Crippen molar-refractivity contribution in [1.29, 1.82) is 0 Å². The maximum absolute atomic E-state index is 6.25. The van der Waals surface area contributed by atoms with E-state index in [-0.39, 0.29) is 0 Å². The van der Waals surface area contributed by atoms with Crippen LogP contribution in [-0.2, 0) is 13.1 Å². The molecule has 2 heterocycles. The number of nitrogens with zero attached hydrogens (tertiary/aromatic N) is 3. The fourth-order valence-corrected chi connectivity index (χ4v) is 4.90. The number of aryl methyl sites for hydroxylation is 3. The molecule has 1 aromatic carbocycles. The SMILES string of the molecule is CCn1ccnc1CN(CCOc1c(C)cccc1C)C1CC12CCNCC2. The van der Waals surface area contributed by atoms with Crippen LogP contribution in [0.3, 0.4) is 0 Å². The zero-order valence-corrected chi connectivity index (χ0v) is 17.6. The fourth-order valence-electron chi connectivity index (χ4n) is 4.90. The summed E-state index contributed by atoms with van der Waals surface area (Å²) in [5.74, 6) is 2.22. The van der Waals surface area contributed by atoms with Crippen molar-refractivity contribution in [3.05, 3.63) is 47.5 Å². The Morgan fingerprint density at radius 1 is 1.25 bits per heavy atom. The number of hydrogen-bond acceptors (Lipinski definition) is 4. The lowest BCUT2D eigenvalue weighted by Crippen LogP contribution is -2.38. The Hall–Kier alpha value is -1.85. The number of aromatic nitrogens is 2. The Kier molecular flexibility index (Phi) is 5.74. The van der Waals surface area contributed by atoms with Crippen LogP contribution >= 0.6 is 0 Å². The molecule has 1 aliphatic heterocycles. The van der Waals surface area contributed by atoms with Gasteiger partial charge in [0.05, 0.1) is 6.54 Å². The van der Waals surface area contributed by atoms with Crippen molar-refractivity contribution in [1.82, 2.24) is 19.8 Å². The Morgan fingerprint density at radius 3 is 2.71 bits per heavy atom. The molecule has 0 radical (unpaired) electrons. The van der Waals surface area contributed by atoms with Gasteiger partial charge in [-0.05, 0) is 69.7 Å². The summed E-state index contributed by atoms with van der Waals surface area (Å²) in [6, 6.07) is 7.02. The third kappa shape index (κ3) is 3.96. The van der Waals surface area contributed by atoms with Crippen molar-refractivity contribution in [2.24, 2.45) is 5.41 Å². The molecule has 0 amide bonds. The van der Waals surface area contributed by atoms with Gasteiger partial charge in [-0.3, -0.25) is 4.90 Å². The van der Waals surface area contributed by atoms with Crippen LogP contribution in [0.4, 0.5) is 0 Å². The smallest absolute Gasteiger partial charge is 0.125 e. The number of benzene rings is 1. The summed E-state index contributed by atoms with van der Waals surface area (Å²) in [4.78, 5) is 7.27. The van der Waals surface area contributed by atoms with Crippen molar-refractivity contribution in [3.8, 4) is 5.75 Å². The molecular weight excluding hydrogens is 348 g/mol. The van der Waals surface area contributed by atoms with E-state index in [9.17, 15) is 0 Å². The second-order valence-electron chi connectivity index (χ2n) is 8.50. The fraction of sp³-hybridized carbons (Fsp3) is 0.609. The zero-order valence-electron chi connectivity index (χ0n) is 17.6. The summed E-state index contributed by atoms with van der Waals surface area (Å²) >= 11 is 0. The van der Waals surface area contributed by atoms with E-state index in [0.717, 1.165) is 45.1 Å². The molecule has 5 heteroatoms. The maximum atomic E-state index is 6.25. The number of para-hydroxylation sites is 1. The minimum atomic E-state index is 0.521. The highest BCUT2D eigenvalue weighted by Gasteiger charge is 2.56. The summed E-state index contributed by atoms with van der Waals surface area (Å²) in [5.41, 5.74) is 2.96. The molecule has 1 N–H and O–H groups in total. The summed E-state index contributed by atoms with van der Waals surface area (Å²) in [6.07, 6.45) is 7.94. The van der Waals surface area contributed by atoms with E-state index in [1.165, 1.54) is 36.2 Å². The minimum Gasteiger partial charge on any atom is -0.492 e. The number of hydrogen-bond donors (Lipinski definition) is 1. The van der Waals surface area contributed by atoms with Crippen LogP contribution in [0.5, 0.6) is 5.75 Å². The van der Waals surface area contributed by atoms with Crippen LogP contribution in [0, 0.1) is 19.3 Å². The Labute approximate surface area is 169 Å². The van der Waals surface area contributed by atoms with E-state index in [2.05, 4.69) is 64.9 Å². The second kappa shape index (κ2) is 8.26. The lowest BCUT2D eigenvalue weighted by Gasteiger charge is -2.29. The topological polar surface area (TPSA) is 42.3 Å². The third-order valence-corrected chi connectivity index (χ3v) is 6.71. The van der Waals surface area contributed by atoms with Crippen LogP contribution in [0.15, 0.2) is 30.6 Å². The van der Waals surface area contributed by atoms with Gasteiger partial charge < -0.3 is 14.6 Å². The molecule has 5 nitrogen and oxygen atoms in total. The van der Waals surface area contributed by atoms with E-state index >= 15 is 0 Å². The van der Waals surface area contributed by atoms with E-state index in [1.54, 1.807) is 0 Å². The normalized spacial score (nSPS) is 20.6. The number of rotatable bonds is 8. The number of ether oxygens (including phenoxy) is 1. The summed E-state index contributed by atoms with van der Waals surface area (Å²) in [7, 11) is 0. The average molecular weight is 383 g/mol. The molecule has 1 aliphatic carbocycles. The molecule has 1 saturated heterocycles. The first-order chi connectivity index (χ1) is 13.6. The van der Waals surface area contributed by atoms with Crippen LogP contribution < -0.4 is 10.1 Å². The van der Waals surface area contributed by atoms with Gasteiger partial charge >= 0.3 is 0 Å². The maximum Gasteiger partial charge on any atom is 0.125 e. The molecule has 1 aromatic heterocycles. The van der Waals surface area contributed by atoms with Crippen LogP contribution in [-0.4, -0.2) is 46.7 Å². The van der Waals surface area contributed by atoms with E-state index in [0.29, 0.717) is 11.5 Å². The number of piperidine rings is 1. The van der Waals surface area contributed by atoms with Gasteiger partial charge in [0.1, 0.15) is 18.2 Å². The van der Waals surface area contributed by atoms with Gasteiger partial charge in [-0.2, -0.15) is 0 Å². The zero-order chi connectivity index (χ0) is 19.6. The lowest BCUT2D eigenvalue weighted by molar-refractivity contribution is 0.157. The van der Waals surface area contributed by atoms with Crippen molar-refractivity contribution in [2.45, 2.75) is 59.2 Å². The monoisotopic (exact) mass is 382 g/mol. The Balaban J connectivity index is 1.44. The Bertz CT molecular complexity index is 773. The minimum absolute atomic E-state index is 0.521. The lowest BCUT2D eigenvalue weighted by atomic mass is 9.93. The molecule has 4 rings (SSSR count). The van der Waals surface area contributed by atoms with Crippen molar-refractivity contribution < 1.29 is 4.74 Å². The summed E-state index contributed by atoms with van der Waals surface area (Å²) in [5, 5.41) is 3.52.